The summed E-state index contributed by atoms with van der Waals surface area (Å²) in [4.78, 5) is 21.6. The molecule has 21 heavy (non-hydrogen) atoms. The van der Waals surface area contributed by atoms with E-state index >= 15 is 0 Å². The molecule has 3 heterocycles. The molecule has 6 nitrogen and oxygen atoms in total. The van der Waals surface area contributed by atoms with Gasteiger partial charge >= 0.3 is 0 Å². The van der Waals surface area contributed by atoms with Crippen molar-refractivity contribution in [1.29, 1.82) is 0 Å². The van der Waals surface area contributed by atoms with Crippen LogP contribution >= 0.6 is 22.0 Å². The largest absolute Gasteiger partial charge is 0.287 e. The van der Waals surface area contributed by atoms with Crippen LogP contribution in [0, 0.1) is 0 Å². The van der Waals surface area contributed by atoms with Gasteiger partial charge in [-0.05, 0) is 12.1 Å². The minimum atomic E-state index is -3.74. The number of thiazole rings is 1. The summed E-state index contributed by atoms with van der Waals surface area (Å²) in [5, 5.41) is 1.43. The fraction of sp³-hybridized carbons (Fsp3) is 0.250. The van der Waals surface area contributed by atoms with E-state index < -0.39 is 14.3 Å². The van der Waals surface area contributed by atoms with Gasteiger partial charge < -0.3 is 0 Å². The van der Waals surface area contributed by atoms with Crippen molar-refractivity contribution in [3.05, 3.63) is 29.9 Å². The maximum absolute atomic E-state index is 11.9. The van der Waals surface area contributed by atoms with Crippen LogP contribution in [0.3, 0.4) is 0 Å². The summed E-state index contributed by atoms with van der Waals surface area (Å²) < 4.78 is 22.7. The molecule has 0 bridgehead atoms. The molecule has 1 aliphatic heterocycles. The van der Waals surface area contributed by atoms with Gasteiger partial charge in [-0.1, -0.05) is 0 Å². The zero-order valence-corrected chi connectivity index (χ0v) is 13.0. The van der Waals surface area contributed by atoms with Crippen molar-refractivity contribution in [3.8, 4) is 11.3 Å². The van der Waals surface area contributed by atoms with Gasteiger partial charge in [0.05, 0.1) is 5.69 Å². The van der Waals surface area contributed by atoms with Gasteiger partial charge in [-0.3, -0.25) is 14.7 Å². The Morgan fingerprint density at radius 3 is 2.67 bits per heavy atom. The minimum absolute atomic E-state index is 0.0496. The van der Waals surface area contributed by atoms with Crippen LogP contribution in [0.1, 0.15) is 6.42 Å². The molecule has 1 unspecified atom stereocenters. The number of hydrogen-bond acceptors (Lipinski definition) is 6. The quantitative estimate of drug-likeness (QED) is 0.795. The van der Waals surface area contributed by atoms with Gasteiger partial charge in [0.25, 0.3) is 0 Å². The third kappa shape index (κ3) is 2.92. The second-order valence-corrected chi connectivity index (χ2v) is 8.30. The van der Waals surface area contributed by atoms with Crippen LogP contribution in [-0.2, 0) is 13.8 Å². The van der Waals surface area contributed by atoms with Crippen molar-refractivity contribution >= 4 is 42.1 Å². The van der Waals surface area contributed by atoms with Crippen molar-refractivity contribution in [2.75, 3.05) is 11.4 Å². The molecule has 0 saturated carbocycles. The zero-order valence-electron chi connectivity index (χ0n) is 10.6. The molecule has 9 heteroatoms. The monoisotopic (exact) mass is 343 g/mol. The summed E-state index contributed by atoms with van der Waals surface area (Å²) in [6, 6.07) is 3.63. The maximum atomic E-state index is 11.9. The Balaban J connectivity index is 1.86. The lowest BCUT2D eigenvalue weighted by molar-refractivity contribution is -0.117. The Hall–Kier alpha value is -1.51. The number of nitrogens with zero attached hydrogens (tertiary/aromatic N) is 3. The number of amides is 1. The van der Waals surface area contributed by atoms with Crippen LogP contribution in [-0.4, -0.2) is 36.1 Å². The third-order valence-corrected chi connectivity index (χ3v) is 5.92. The first-order chi connectivity index (χ1) is 9.95. The fourth-order valence-electron chi connectivity index (χ4n) is 2.09. The van der Waals surface area contributed by atoms with Crippen LogP contribution in [0.4, 0.5) is 5.13 Å². The number of halogens is 1. The van der Waals surface area contributed by atoms with E-state index in [0.717, 1.165) is 11.3 Å². The smallest absolute Gasteiger partial charge is 0.237 e. The van der Waals surface area contributed by atoms with Gasteiger partial charge in [0.2, 0.25) is 15.0 Å². The summed E-state index contributed by atoms with van der Waals surface area (Å²) in [6.07, 6.45) is 3.22. The van der Waals surface area contributed by atoms with Crippen molar-refractivity contribution in [1.82, 2.24) is 9.97 Å². The first-order valence-corrected chi connectivity index (χ1v) is 9.30. The average Bonchev–Trinajstić information content (AvgIpc) is 3.05. The van der Waals surface area contributed by atoms with E-state index in [1.807, 2.05) is 17.5 Å². The molecule has 1 saturated heterocycles. The van der Waals surface area contributed by atoms with Gasteiger partial charge in [0, 0.05) is 47.0 Å². The lowest BCUT2D eigenvalue weighted by Crippen LogP contribution is -2.26. The highest BCUT2D eigenvalue weighted by atomic mass is 35.7. The van der Waals surface area contributed by atoms with E-state index in [2.05, 4.69) is 9.97 Å². The molecule has 0 spiro atoms. The number of anilines is 1. The highest BCUT2D eigenvalue weighted by molar-refractivity contribution is 8.14. The van der Waals surface area contributed by atoms with E-state index in [0.29, 0.717) is 5.13 Å². The predicted octanol–water partition coefficient (Wildman–Crippen LogP) is 1.88. The van der Waals surface area contributed by atoms with Gasteiger partial charge in [-0.15, -0.1) is 11.3 Å². The van der Waals surface area contributed by atoms with Crippen LogP contribution in [0.5, 0.6) is 0 Å². The second kappa shape index (κ2) is 5.36. The SMILES string of the molecule is O=C1CC(S(=O)(=O)Cl)CN1c1nc(-c2ccncc2)cs1. The van der Waals surface area contributed by atoms with Crippen molar-refractivity contribution in [2.24, 2.45) is 0 Å². The van der Waals surface area contributed by atoms with Gasteiger partial charge in [-0.25, -0.2) is 13.4 Å². The first kappa shape index (κ1) is 14.4. The third-order valence-electron chi connectivity index (χ3n) is 3.19. The van der Waals surface area contributed by atoms with Crippen molar-refractivity contribution in [3.63, 3.8) is 0 Å². The predicted molar refractivity (Wildman–Crippen MR) is 80.9 cm³/mol. The lowest BCUT2D eigenvalue weighted by atomic mass is 10.2. The molecule has 3 rings (SSSR count). The fourth-order valence-corrected chi connectivity index (χ4v) is 3.98. The van der Waals surface area contributed by atoms with Gasteiger partial charge in [-0.2, -0.15) is 0 Å². The summed E-state index contributed by atoms with van der Waals surface area (Å²) in [5.74, 6) is -0.278. The Morgan fingerprint density at radius 1 is 1.33 bits per heavy atom. The first-order valence-electron chi connectivity index (χ1n) is 6.05. The molecule has 1 aliphatic rings. The summed E-state index contributed by atoms with van der Waals surface area (Å²) in [7, 11) is 1.58. The lowest BCUT2D eigenvalue weighted by Gasteiger charge is -2.11. The number of carbonyl (C=O) groups is 1. The standard InChI is InChI=1S/C12H10ClN3O3S2/c13-21(18,19)9-5-11(17)16(6-9)12-15-10(7-20-12)8-1-3-14-4-2-8/h1-4,7,9H,5-6H2. The normalized spacial score (nSPS) is 19.2. The minimum Gasteiger partial charge on any atom is -0.287 e. The van der Waals surface area contributed by atoms with Crippen LogP contribution in [0.2, 0.25) is 0 Å². The molecule has 0 aliphatic carbocycles. The number of rotatable bonds is 3. The van der Waals surface area contributed by atoms with E-state index in [-0.39, 0.29) is 18.9 Å². The molecule has 1 fully saturated rings. The number of carbonyl (C=O) groups excluding carboxylic acids is 1. The van der Waals surface area contributed by atoms with E-state index in [1.165, 1.54) is 16.2 Å². The Bertz CT molecular complexity index is 776. The highest BCUT2D eigenvalue weighted by Crippen LogP contribution is 2.31. The molecule has 0 radical (unpaired) electrons. The molecule has 0 N–H and O–H groups in total. The van der Waals surface area contributed by atoms with E-state index in [9.17, 15) is 13.2 Å². The molecular formula is C12H10ClN3O3S2. The Morgan fingerprint density at radius 2 is 2.05 bits per heavy atom. The van der Waals surface area contributed by atoms with Crippen LogP contribution in [0.15, 0.2) is 29.9 Å². The number of aromatic nitrogens is 2. The molecule has 0 aromatic carbocycles. The second-order valence-electron chi connectivity index (χ2n) is 4.56. The Labute approximate surface area is 129 Å². The Kier molecular flexibility index (Phi) is 3.68. The molecule has 2 aromatic heterocycles. The molecule has 1 atom stereocenters. The van der Waals surface area contributed by atoms with E-state index in [4.69, 9.17) is 10.7 Å². The molecular weight excluding hydrogens is 334 g/mol. The summed E-state index contributed by atoms with van der Waals surface area (Å²) in [6.45, 7) is 0.0496. The molecule has 2 aromatic rings. The number of pyridine rings is 1. The van der Waals surface area contributed by atoms with Gasteiger partial charge in [0.15, 0.2) is 5.13 Å². The molecule has 1 amide bonds. The molecule has 110 valence electrons. The van der Waals surface area contributed by atoms with Gasteiger partial charge in [0.1, 0.15) is 5.25 Å². The maximum Gasteiger partial charge on any atom is 0.237 e. The number of hydrogen-bond donors (Lipinski definition) is 0. The van der Waals surface area contributed by atoms with E-state index in [1.54, 1.807) is 12.4 Å². The van der Waals surface area contributed by atoms with Crippen LogP contribution in [0.25, 0.3) is 11.3 Å². The van der Waals surface area contributed by atoms with Crippen molar-refractivity contribution in [2.45, 2.75) is 11.7 Å². The summed E-state index contributed by atoms with van der Waals surface area (Å²) in [5.41, 5.74) is 1.61. The van der Waals surface area contributed by atoms with Crippen LogP contribution < -0.4 is 4.90 Å². The summed E-state index contributed by atoms with van der Waals surface area (Å²) >= 11 is 1.29. The topological polar surface area (TPSA) is 80.2 Å². The highest BCUT2D eigenvalue weighted by Gasteiger charge is 2.39. The average molecular weight is 344 g/mol. The van der Waals surface area contributed by atoms with Crippen molar-refractivity contribution < 1.29 is 13.2 Å². The zero-order chi connectivity index (χ0) is 15.0.